The van der Waals surface area contributed by atoms with Crippen LogP contribution in [-0.4, -0.2) is 40.2 Å². The lowest BCUT2D eigenvalue weighted by molar-refractivity contribution is 0.0759. The lowest BCUT2D eigenvalue weighted by atomic mass is 10.2. The van der Waals surface area contributed by atoms with E-state index in [4.69, 9.17) is 5.11 Å². The molecule has 1 rings (SSSR count). The summed E-state index contributed by atoms with van der Waals surface area (Å²) in [5, 5.41) is 9.17. The summed E-state index contributed by atoms with van der Waals surface area (Å²) in [7, 11) is 3.64. The van der Waals surface area contributed by atoms with Crippen molar-refractivity contribution in [3.8, 4) is 0 Å². The van der Waals surface area contributed by atoms with Crippen LogP contribution in [0.15, 0.2) is 12.1 Å². The van der Waals surface area contributed by atoms with Crippen LogP contribution in [0.1, 0.15) is 29.5 Å². The highest BCUT2D eigenvalue weighted by Gasteiger charge is 2.15. The minimum Gasteiger partial charge on any atom is -0.393 e. The predicted octanol–water partition coefficient (Wildman–Crippen LogP) is 1.18. The zero-order valence-electron chi connectivity index (χ0n) is 10.4. The molecular weight excluding hydrogens is 204 g/mol. The zero-order valence-corrected chi connectivity index (χ0v) is 10.4. The van der Waals surface area contributed by atoms with E-state index < -0.39 is 0 Å². The number of hydrogen-bond acceptors (Lipinski definition) is 2. The molecular formula is C12H20N2O2. The van der Waals surface area contributed by atoms with E-state index in [1.165, 1.54) is 0 Å². The third-order valence-corrected chi connectivity index (χ3v) is 2.82. The highest BCUT2D eigenvalue weighted by Crippen LogP contribution is 2.09. The van der Waals surface area contributed by atoms with Crippen LogP contribution in [-0.2, 0) is 7.05 Å². The normalized spacial score (nSPS) is 12.6. The van der Waals surface area contributed by atoms with E-state index >= 15 is 0 Å². The van der Waals surface area contributed by atoms with Gasteiger partial charge in [0.05, 0.1) is 6.10 Å². The van der Waals surface area contributed by atoms with E-state index in [1.54, 1.807) is 18.9 Å². The molecule has 0 aliphatic rings. The van der Waals surface area contributed by atoms with Gasteiger partial charge in [0, 0.05) is 26.3 Å². The Labute approximate surface area is 96.5 Å². The molecule has 16 heavy (non-hydrogen) atoms. The van der Waals surface area contributed by atoms with Gasteiger partial charge in [-0.05, 0) is 32.4 Å². The highest BCUT2D eigenvalue weighted by atomic mass is 16.3. The molecule has 0 spiro atoms. The van der Waals surface area contributed by atoms with Crippen molar-refractivity contribution in [2.75, 3.05) is 13.6 Å². The van der Waals surface area contributed by atoms with E-state index in [0.29, 0.717) is 18.7 Å². The molecule has 1 atom stereocenters. The monoisotopic (exact) mass is 224 g/mol. The van der Waals surface area contributed by atoms with Gasteiger partial charge in [-0.25, -0.2) is 0 Å². The van der Waals surface area contributed by atoms with Crippen molar-refractivity contribution < 1.29 is 9.90 Å². The van der Waals surface area contributed by atoms with Crippen LogP contribution in [0.5, 0.6) is 0 Å². The Balaban J connectivity index is 2.67. The second-order valence-electron chi connectivity index (χ2n) is 4.28. The van der Waals surface area contributed by atoms with Crippen molar-refractivity contribution in [2.24, 2.45) is 7.05 Å². The number of carbonyl (C=O) groups is 1. The predicted molar refractivity (Wildman–Crippen MR) is 63.4 cm³/mol. The Bertz CT molecular complexity index is 369. The SMILES string of the molecule is Cc1ccc(C(=O)N(C)CCC(C)O)n1C. The van der Waals surface area contributed by atoms with Crippen LogP contribution in [0, 0.1) is 6.92 Å². The largest absolute Gasteiger partial charge is 0.393 e. The van der Waals surface area contributed by atoms with Gasteiger partial charge in [-0.1, -0.05) is 0 Å². The maximum atomic E-state index is 12.0. The fourth-order valence-electron chi connectivity index (χ4n) is 1.51. The van der Waals surface area contributed by atoms with E-state index in [-0.39, 0.29) is 12.0 Å². The van der Waals surface area contributed by atoms with Gasteiger partial charge in [0.15, 0.2) is 0 Å². The number of aromatic nitrogens is 1. The number of aliphatic hydroxyl groups is 1. The van der Waals surface area contributed by atoms with Gasteiger partial charge >= 0.3 is 0 Å². The van der Waals surface area contributed by atoms with Crippen molar-refractivity contribution >= 4 is 5.91 Å². The number of amides is 1. The number of aliphatic hydroxyl groups excluding tert-OH is 1. The third kappa shape index (κ3) is 2.85. The zero-order chi connectivity index (χ0) is 12.3. The number of nitrogens with zero attached hydrogens (tertiary/aromatic N) is 2. The van der Waals surface area contributed by atoms with Crippen LogP contribution < -0.4 is 0 Å². The molecule has 1 aromatic heterocycles. The Morgan fingerprint density at radius 1 is 1.56 bits per heavy atom. The van der Waals surface area contributed by atoms with Gasteiger partial charge in [-0.15, -0.1) is 0 Å². The molecule has 1 heterocycles. The summed E-state index contributed by atoms with van der Waals surface area (Å²) in [6, 6.07) is 3.76. The average Bonchev–Trinajstić information content (AvgIpc) is 2.55. The van der Waals surface area contributed by atoms with Crippen LogP contribution >= 0.6 is 0 Å². The van der Waals surface area contributed by atoms with Crippen LogP contribution in [0.25, 0.3) is 0 Å². The second-order valence-corrected chi connectivity index (χ2v) is 4.28. The quantitative estimate of drug-likeness (QED) is 0.834. The Kier molecular flexibility index (Phi) is 4.12. The van der Waals surface area contributed by atoms with Crippen LogP contribution in [0.2, 0.25) is 0 Å². The smallest absolute Gasteiger partial charge is 0.270 e. The van der Waals surface area contributed by atoms with Gasteiger partial charge in [-0.3, -0.25) is 4.79 Å². The van der Waals surface area contributed by atoms with Crippen molar-refractivity contribution in [1.82, 2.24) is 9.47 Å². The van der Waals surface area contributed by atoms with Gasteiger partial charge in [0.1, 0.15) is 5.69 Å². The lowest BCUT2D eigenvalue weighted by Gasteiger charge is -2.18. The molecule has 0 saturated heterocycles. The van der Waals surface area contributed by atoms with Crippen molar-refractivity contribution in [3.05, 3.63) is 23.5 Å². The second kappa shape index (κ2) is 5.16. The molecule has 1 N–H and O–H groups in total. The first kappa shape index (κ1) is 12.8. The standard InChI is InChI=1S/C12H20N2O2/c1-9-5-6-11(14(9)4)12(16)13(3)8-7-10(2)15/h5-6,10,15H,7-8H2,1-4H3. The summed E-state index contributed by atoms with van der Waals surface area (Å²) >= 11 is 0. The van der Waals surface area contributed by atoms with E-state index in [9.17, 15) is 4.79 Å². The van der Waals surface area contributed by atoms with E-state index in [0.717, 1.165) is 5.69 Å². The molecule has 1 aromatic rings. The van der Waals surface area contributed by atoms with Crippen molar-refractivity contribution in [1.29, 1.82) is 0 Å². The van der Waals surface area contributed by atoms with Crippen LogP contribution in [0.3, 0.4) is 0 Å². The molecule has 4 heteroatoms. The molecule has 1 amide bonds. The Morgan fingerprint density at radius 2 is 2.19 bits per heavy atom. The molecule has 0 radical (unpaired) electrons. The Morgan fingerprint density at radius 3 is 2.62 bits per heavy atom. The lowest BCUT2D eigenvalue weighted by Crippen LogP contribution is -2.30. The molecule has 1 unspecified atom stereocenters. The minimum absolute atomic E-state index is 0.00347. The molecule has 0 aromatic carbocycles. The molecule has 0 bridgehead atoms. The van der Waals surface area contributed by atoms with Gasteiger partial charge in [0.2, 0.25) is 0 Å². The summed E-state index contributed by atoms with van der Waals surface area (Å²) < 4.78 is 1.88. The van der Waals surface area contributed by atoms with Gasteiger partial charge in [0.25, 0.3) is 5.91 Å². The Hall–Kier alpha value is -1.29. The first-order valence-electron chi connectivity index (χ1n) is 5.49. The van der Waals surface area contributed by atoms with Gasteiger partial charge in [-0.2, -0.15) is 0 Å². The molecule has 0 fully saturated rings. The minimum atomic E-state index is -0.370. The molecule has 0 aliphatic heterocycles. The van der Waals surface area contributed by atoms with Crippen molar-refractivity contribution in [2.45, 2.75) is 26.4 Å². The summed E-state index contributed by atoms with van der Waals surface area (Å²) in [6.07, 6.45) is 0.233. The first-order valence-corrected chi connectivity index (χ1v) is 5.49. The molecule has 0 saturated carbocycles. The third-order valence-electron chi connectivity index (χ3n) is 2.82. The summed E-state index contributed by atoms with van der Waals surface area (Å²) in [4.78, 5) is 13.7. The van der Waals surface area contributed by atoms with E-state index in [1.807, 2.05) is 30.7 Å². The fourth-order valence-corrected chi connectivity index (χ4v) is 1.51. The molecule has 90 valence electrons. The van der Waals surface area contributed by atoms with Gasteiger partial charge < -0.3 is 14.6 Å². The first-order chi connectivity index (χ1) is 7.43. The highest BCUT2D eigenvalue weighted by molar-refractivity contribution is 5.92. The maximum Gasteiger partial charge on any atom is 0.270 e. The fraction of sp³-hybridized carbons (Fsp3) is 0.583. The molecule has 4 nitrogen and oxygen atoms in total. The maximum absolute atomic E-state index is 12.0. The summed E-state index contributed by atoms with van der Waals surface area (Å²) in [6.45, 7) is 4.26. The summed E-state index contributed by atoms with van der Waals surface area (Å²) in [5.74, 6) is -0.00347. The van der Waals surface area contributed by atoms with Crippen LogP contribution in [0.4, 0.5) is 0 Å². The summed E-state index contributed by atoms with van der Waals surface area (Å²) in [5.41, 5.74) is 1.75. The number of aryl methyl sites for hydroxylation is 1. The topological polar surface area (TPSA) is 45.5 Å². The number of rotatable bonds is 4. The number of hydrogen-bond donors (Lipinski definition) is 1. The molecule has 0 aliphatic carbocycles. The average molecular weight is 224 g/mol. The van der Waals surface area contributed by atoms with E-state index in [2.05, 4.69) is 0 Å². The number of carbonyl (C=O) groups excluding carboxylic acids is 1. The van der Waals surface area contributed by atoms with Crippen molar-refractivity contribution in [3.63, 3.8) is 0 Å².